The van der Waals surface area contributed by atoms with Crippen LogP contribution < -0.4 is 10.2 Å². The highest BCUT2D eigenvalue weighted by atomic mass is 32.2. The number of fused-ring (bicyclic) bond motifs is 1. The molecule has 0 spiro atoms. The van der Waals surface area contributed by atoms with Gasteiger partial charge < -0.3 is 10.2 Å². The smallest absolute Gasteiger partial charge is 0.230 e. The summed E-state index contributed by atoms with van der Waals surface area (Å²) in [7, 11) is 0. The zero-order valence-corrected chi connectivity index (χ0v) is 18.7. The topological polar surface area (TPSA) is 71.0 Å². The molecular weight excluding hydrogens is 402 g/mol. The highest BCUT2D eigenvalue weighted by Gasteiger charge is 2.21. The Hall–Kier alpha value is -1.67. The minimum absolute atomic E-state index is 0.0627. The van der Waals surface area contributed by atoms with Crippen LogP contribution in [0.4, 0.5) is 5.13 Å². The molecule has 0 saturated carbocycles. The van der Waals surface area contributed by atoms with Gasteiger partial charge in [-0.1, -0.05) is 41.7 Å². The zero-order valence-electron chi connectivity index (χ0n) is 17.0. The van der Waals surface area contributed by atoms with Gasteiger partial charge in [0.2, 0.25) is 5.91 Å². The van der Waals surface area contributed by atoms with Crippen molar-refractivity contribution in [3.63, 3.8) is 0 Å². The lowest BCUT2D eigenvalue weighted by atomic mass is 9.97. The molecule has 6 nitrogen and oxygen atoms in total. The van der Waals surface area contributed by atoms with Crippen molar-refractivity contribution >= 4 is 44.5 Å². The van der Waals surface area contributed by atoms with Crippen molar-refractivity contribution in [3.8, 4) is 0 Å². The number of hydrogen-bond acceptors (Lipinski definition) is 7. The van der Waals surface area contributed by atoms with Crippen molar-refractivity contribution in [1.82, 2.24) is 20.3 Å². The highest BCUT2D eigenvalue weighted by Crippen LogP contribution is 2.35. The van der Waals surface area contributed by atoms with Crippen molar-refractivity contribution in [1.29, 1.82) is 0 Å². The van der Waals surface area contributed by atoms with Crippen LogP contribution >= 0.6 is 23.1 Å². The molecule has 1 aliphatic heterocycles. The molecule has 0 bridgehead atoms. The fourth-order valence-corrected chi connectivity index (χ4v) is 5.96. The van der Waals surface area contributed by atoms with Crippen LogP contribution in [0.5, 0.6) is 0 Å². The Labute approximate surface area is 180 Å². The van der Waals surface area contributed by atoms with Crippen LogP contribution in [0.15, 0.2) is 23.0 Å². The SMILES string of the molecule is C[C@H]1CCCN(c2nc3ncnc(SCC(=O)NCCC4=CCCCC4)c3s2)C1. The molecule has 29 heavy (non-hydrogen) atoms. The van der Waals surface area contributed by atoms with Crippen LogP contribution in [-0.4, -0.2) is 46.2 Å². The van der Waals surface area contributed by atoms with E-state index in [0.29, 0.717) is 11.7 Å². The lowest BCUT2D eigenvalue weighted by Crippen LogP contribution is -2.34. The number of amides is 1. The number of nitrogens with one attached hydrogen (secondary N) is 1. The summed E-state index contributed by atoms with van der Waals surface area (Å²) in [5.41, 5.74) is 2.23. The summed E-state index contributed by atoms with van der Waals surface area (Å²) in [5, 5.41) is 4.93. The first-order valence-electron chi connectivity index (χ1n) is 10.6. The van der Waals surface area contributed by atoms with Gasteiger partial charge in [0.15, 0.2) is 10.8 Å². The standard InChI is InChI=1S/C21H29N5OS2/c1-15-6-5-11-26(12-15)21-25-19-18(29-21)20(24-14-23-19)28-13-17(27)22-10-9-16-7-3-2-4-8-16/h7,14-15H,2-6,8-13H2,1H3,(H,22,27)/t15-/m0/s1. The molecule has 0 radical (unpaired) electrons. The third-order valence-electron chi connectivity index (χ3n) is 5.57. The molecule has 1 fully saturated rings. The molecule has 2 aliphatic rings. The number of nitrogens with zero attached hydrogens (tertiary/aromatic N) is 4. The maximum Gasteiger partial charge on any atom is 0.230 e. The normalized spacial score (nSPS) is 20.0. The monoisotopic (exact) mass is 431 g/mol. The van der Waals surface area contributed by atoms with E-state index in [1.54, 1.807) is 17.7 Å². The number of carbonyl (C=O) groups is 1. The molecule has 2 aromatic rings. The maximum absolute atomic E-state index is 12.3. The molecule has 0 aromatic carbocycles. The number of thiazole rings is 1. The maximum atomic E-state index is 12.3. The van der Waals surface area contributed by atoms with E-state index in [1.165, 1.54) is 55.9 Å². The van der Waals surface area contributed by atoms with Crippen molar-refractivity contribution in [2.75, 3.05) is 30.3 Å². The van der Waals surface area contributed by atoms with Gasteiger partial charge in [-0.2, -0.15) is 4.98 Å². The minimum atomic E-state index is 0.0627. The van der Waals surface area contributed by atoms with Crippen LogP contribution in [0.2, 0.25) is 0 Å². The van der Waals surface area contributed by atoms with Crippen LogP contribution in [0.1, 0.15) is 51.9 Å². The van der Waals surface area contributed by atoms with Crippen molar-refractivity contribution in [2.24, 2.45) is 5.92 Å². The van der Waals surface area contributed by atoms with E-state index in [9.17, 15) is 4.79 Å². The van der Waals surface area contributed by atoms with Gasteiger partial charge in [0.25, 0.3) is 0 Å². The first-order chi connectivity index (χ1) is 14.2. The van der Waals surface area contributed by atoms with Gasteiger partial charge in [0, 0.05) is 19.6 Å². The number of aromatic nitrogens is 3. The van der Waals surface area contributed by atoms with Crippen LogP contribution in [0, 0.1) is 5.92 Å². The van der Waals surface area contributed by atoms with Gasteiger partial charge in [0.1, 0.15) is 16.1 Å². The molecule has 1 atom stereocenters. The van der Waals surface area contributed by atoms with Gasteiger partial charge in [-0.05, 0) is 50.9 Å². The molecule has 3 heterocycles. The van der Waals surface area contributed by atoms with E-state index < -0.39 is 0 Å². The number of thioether (sulfide) groups is 1. The summed E-state index contributed by atoms with van der Waals surface area (Å²) >= 11 is 3.13. The molecule has 1 saturated heterocycles. The largest absolute Gasteiger partial charge is 0.355 e. The number of hydrogen-bond donors (Lipinski definition) is 1. The predicted molar refractivity (Wildman–Crippen MR) is 121 cm³/mol. The second-order valence-electron chi connectivity index (χ2n) is 8.02. The fourth-order valence-electron chi connectivity index (χ4n) is 4.00. The van der Waals surface area contributed by atoms with Crippen LogP contribution in [-0.2, 0) is 4.79 Å². The number of anilines is 1. The van der Waals surface area contributed by atoms with Gasteiger partial charge >= 0.3 is 0 Å². The molecule has 4 rings (SSSR count). The quantitative estimate of drug-likeness (QED) is 0.397. The highest BCUT2D eigenvalue weighted by molar-refractivity contribution is 8.00. The Balaban J connectivity index is 1.32. The second kappa shape index (κ2) is 9.89. The van der Waals surface area contributed by atoms with Crippen LogP contribution in [0.3, 0.4) is 0 Å². The third kappa shape index (κ3) is 5.48. The van der Waals surface area contributed by atoms with E-state index >= 15 is 0 Å². The van der Waals surface area contributed by atoms with Crippen molar-refractivity contribution < 1.29 is 4.79 Å². The molecule has 0 unspecified atom stereocenters. The van der Waals surface area contributed by atoms with E-state index in [2.05, 4.69) is 33.2 Å². The summed E-state index contributed by atoms with van der Waals surface area (Å²) in [6.07, 6.45) is 12.3. The second-order valence-corrected chi connectivity index (χ2v) is 9.96. The molecule has 1 aliphatic carbocycles. The van der Waals surface area contributed by atoms with Gasteiger partial charge in [-0.3, -0.25) is 4.79 Å². The minimum Gasteiger partial charge on any atom is -0.355 e. The average Bonchev–Trinajstić information content (AvgIpc) is 3.18. The Kier molecular flexibility index (Phi) is 7.02. The van der Waals surface area contributed by atoms with E-state index in [4.69, 9.17) is 4.98 Å². The lowest BCUT2D eigenvalue weighted by Gasteiger charge is -2.30. The number of rotatable bonds is 7. The van der Waals surface area contributed by atoms with Crippen LogP contribution in [0.25, 0.3) is 10.3 Å². The van der Waals surface area contributed by atoms with Crippen molar-refractivity contribution in [3.05, 3.63) is 18.0 Å². The van der Waals surface area contributed by atoms with Gasteiger partial charge in [-0.25, -0.2) is 9.97 Å². The molecule has 156 valence electrons. The average molecular weight is 432 g/mol. The van der Waals surface area contributed by atoms with Crippen molar-refractivity contribution in [2.45, 2.75) is 56.9 Å². The number of piperidine rings is 1. The summed E-state index contributed by atoms with van der Waals surface area (Å²) in [5.74, 6) is 1.13. The third-order valence-corrected chi connectivity index (χ3v) is 7.80. The molecule has 2 aromatic heterocycles. The van der Waals surface area contributed by atoms with E-state index in [1.807, 2.05) is 0 Å². The first-order valence-corrected chi connectivity index (χ1v) is 12.4. The zero-order chi connectivity index (χ0) is 20.1. The Morgan fingerprint density at radius 2 is 2.28 bits per heavy atom. The molecule has 8 heteroatoms. The van der Waals surface area contributed by atoms with E-state index in [-0.39, 0.29) is 5.91 Å². The Bertz CT molecular complexity index is 881. The molecule has 1 N–H and O–H groups in total. The molecule has 1 amide bonds. The summed E-state index contributed by atoms with van der Waals surface area (Å²) in [6, 6.07) is 0. The summed E-state index contributed by atoms with van der Waals surface area (Å²) < 4.78 is 0.992. The summed E-state index contributed by atoms with van der Waals surface area (Å²) in [6.45, 7) is 5.12. The predicted octanol–water partition coefficient (Wildman–Crippen LogP) is 4.42. The first kappa shape index (κ1) is 20.6. The lowest BCUT2D eigenvalue weighted by molar-refractivity contribution is -0.118. The number of carbonyl (C=O) groups excluding carboxylic acids is 1. The number of allylic oxidation sites excluding steroid dienone is 1. The fraction of sp³-hybridized carbons (Fsp3) is 0.619. The summed E-state index contributed by atoms with van der Waals surface area (Å²) in [4.78, 5) is 28.1. The Morgan fingerprint density at radius 3 is 3.10 bits per heavy atom. The van der Waals surface area contributed by atoms with Gasteiger partial charge in [-0.15, -0.1) is 0 Å². The van der Waals surface area contributed by atoms with E-state index in [0.717, 1.165) is 46.6 Å². The Morgan fingerprint density at radius 1 is 1.34 bits per heavy atom. The molecular formula is C21H29N5OS2. The van der Waals surface area contributed by atoms with Gasteiger partial charge in [0.05, 0.1) is 5.75 Å².